The van der Waals surface area contributed by atoms with Gasteiger partial charge in [0.25, 0.3) is 0 Å². The number of esters is 1. The van der Waals surface area contributed by atoms with E-state index in [-0.39, 0.29) is 24.2 Å². The molecule has 0 spiro atoms. The van der Waals surface area contributed by atoms with Crippen LogP contribution in [0.3, 0.4) is 0 Å². The van der Waals surface area contributed by atoms with Crippen molar-refractivity contribution in [3.05, 3.63) is 63.8 Å². The van der Waals surface area contributed by atoms with Crippen molar-refractivity contribution in [2.75, 3.05) is 6.61 Å². The van der Waals surface area contributed by atoms with Crippen LogP contribution >= 0.6 is 0 Å². The van der Waals surface area contributed by atoms with Gasteiger partial charge in [0.2, 0.25) is 0 Å². The molecule has 0 aliphatic rings. The van der Waals surface area contributed by atoms with E-state index in [4.69, 9.17) is 9.57 Å². The molecule has 0 aliphatic heterocycles. The Kier molecular flexibility index (Phi) is 4.83. The molecule has 3 rings (SSSR count). The first-order valence-corrected chi connectivity index (χ1v) is 7.98. The SMILES string of the molecule is CCOC(=O)c1c(O)c2cnc(C)nc2n(OCc2ccccc2)c1=O. The van der Waals surface area contributed by atoms with E-state index in [1.54, 1.807) is 13.8 Å². The van der Waals surface area contributed by atoms with Crippen molar-refractivity contribution in [2.45, 2.75) is 20.5 Å². The summed E-state index contributed by atoms with van der Waals surface area (Å²) in [6.45, 7) is 3.38. The lowest BCUT2D eigenvalue weighted by atomic mass is 10.2. The van der Waals surface area contributed by atoms with E-state index in [9.17, 15) is 14.7 Å². The molecule has 2 heterocycles. The largest absolute Gasteiger partial charge is 0.506 e. The highest BCUT2D eigenvalue weighted by atomic mass is 16.7. The van der Waals surface area contributed by atoms with Crippen molar-refractivity contribution in [1.29, 1.82) is 0 Å². The molecule has 1 aromatic carbocycles. The molecule has 8 nitrogen and oxygen atoms in total. The molecule has 1 N–H and O–H groups in total. The first-order chi connectivity index (χ1) is 12.5. The zero-order valence-electron chi connectivity index (χ0n) is 14.3. The Balaban J connectivity index is 2.16. The lowest BCUT2D eigenvalue weighted by Crippen LogP contribution is -2.33. The quantitative estimate of drug-likeness (QED) is 0.693. The molecule has 0 saturated heterocycles. The molecular weight excluding hydrogens is 338 g/mol. The summed E-state index contributed by atoms with van der Waals surface area (Å²) in [6, 6.07) is 9.21. The van der Waals surface area contributed by atoms with E-state index in [0.29, 0.717) is 5.82 Å². The number of aromatic nitrogens is 3. The highest BCUT2D eigenvalue weighted by molar-refractivity contribution is 5.98. The molecule has 26 heavy (non-hydrogen) atoms. The standard InChI is InChI=1S/C18H17N3O5/c1-3-25-18(24)14-15(22)13-9-19-11(2)20-16(13)21(17(14)23)26-10-12-7-5-4-6-8-12/h4-9,22H,3,10H2,1-2H3. The number of pyridine rings is 1. The van der Waals surface area contributed by atoms with Crippen LogP contribution in [0.5, 0.6) is 5.75 Å². The second kappa shape index (κ2) is 7.22. The smallest absolute Gasteiger partial charge is 0.347 e. The number of benzene rings is 1. The van der Waals surface area contributed by atoms with Gasteiger partial charge < -0.3 is 14.7 Å². The molecule has 3 aromatic rings. The van der Waals surface area contributed by atoms with Crippen molar-refractivity contribution in [1.82, 2.24) is 14.7 Å². The highest BCUT2D eigenvalue weighted by Gasteiger charge is 2.25. The van der Waals surface area contributed by atoms with Gasteiger partial charge in [-0.25, -0.2) is 14.8 Å². The number of aryl methyl sites for hydroxylation is 1. The van der Waals surface area contributed by atoms with Gasteiger partial charge in [-0.3, -0.25) is 4.79 Å². The third kappa shape index (κ3) is 3.21. The fourth-order valence-corrected chi connectivity index (χ4v) is 2.43. The predicted molar refractivity (Wildman–Crippen MR) is 92.9 cm³/mol. The molecule has 0 aliphatic carbocycles. The summed E-state index contributed by atoms with van der Waals surface area (Å²) < 4.78 is 5.76. The summed E-state index contributed by atoms with van der Waals surface area (Å²) in [7, 11) is 0. The zero-order valence-corrected chi connectivity index (χ0v) is 14.3. The number of hydrogen-bond donors (Lipinski definition) is 1. The topological polar surface area (TPSA) is 104 Å². The van der Waals surface area contributed by atoms with Crippen LogP contribution in [0.25, 0.3) is 11.0 Å². The predicted octanol–water partition coefficient (Wildman–Crippen LogP) is 1.61. The number of fused-ring (bicyclic) bond motifs is 1. The minimum absolute atomic E-state index is 0.0605. The Hall–Kier alpha value is -3.42. The van der Waals surface area contributed by atoms with Gasteiger partial charge in [-0.2, -0.15) is 0 Å². The average molecular weight is 355 g/mol. The lowest BCUT2D eigenvalue weighted by molar-refractivity contribution is 0.0508. The third-order valence-corrected chi connectivity index (χ3v) is 3.65. The van der Waals surface area contributed by atoms with Crippen LogP contribution < -0.4 is 10.4 Å². The van der Waals surface area contributed by atoms with Crippen LogP contribution in [-0.4, -0.2) is 32.4 Å². The van der Waals surface area contributed by atoms with E-state index in [1.807, 2.05) is 30.3 Å². The molecule has 0 fully saturated rings. The van der Waals surface area contributed by atoms with Crippen molar-refractivity contribution < 1.29 is 19.5 Å². The van der Waals surface area contributed by atoms with E-state index in [0.717, 1.165) is 10.3 Å². The average Bonchev–Trinajstić information content (AvgIpc) is 2.62. The molecule has 8 heteroatoms. The highest BCUT2D eigenvalue weighted by Crippen LogP contribution is 2.25. The van der Waals surface area contributed by atoms with Crippen molar-refractivity contribution in [3.8, 4) is 5.75 Å². The first kappa shape index (κ1) is 17.4. The van der Waals surface area contributed by atoms with E-state index in [1.165, 1.54) is 6.20 Å². The van der Waals surface area contributed by atoms with E-state index >= 15 is 0 Å². The fourth-order valence-electron chi connectivity index (χ4n) is 2.43. The summed E-state index contributed by atoms with van der Waals surface area (Å²) in [4.78, 5) is 38.7. The van der Waals surface area contributed by atoms with Crippen LogP contribution in [0.15, 0.2) is 41.3 Å². The fraction of sp³-hybridized carbons (Fsp3) is 0.222. The van der Waals surface area contributed by atoms with E-state index < -0.39 is 22.8 Å². The minimum Gasteiger partial charge on any atom is -0.506 e. The Labute approximate surface area is 148 Å². The number of carbonyl (C=O) groups excluding carboxylic acids is 1. The molecule has 0 radical (unpaired) electrons. The van der Waals surface area contributed by atoms with Gasteiger partial charge in [-0.1, -0.05) is 30.3 Å². The normalized spacial score (nSPS) is 10.7. The van der Waals surface area contributed by atoms with Crippen LogP contribution in [0, 0.1) is 6.92 Å². The number of carbonyl (C=O) groups is 1. The maximum Gasteiger partial charge on any atom is 0.347 e. The van der Waals surface area contributed by atoms with Gasteiger partial charge in [0.05, 0.1) is 12.0 Å². The van der Waals surface area contributed by atoms with Gasteiger partial charge >= 0.3 is 11.5 Å². The molecule has 0 saturated carbocycles. The summed E-state index contributed by atoms with van der Waals surface area (Å²) in [5.74, 6) is -1.07. The molecule has 0 unspecified atom stereocenters. The lowest BCUT2D eigenvalue weighted by Gasteiger charge is -2.14. The van der Waals surface area contributed by atoms with E-state index in [2.05, 4.69) is 9.97 Å². The first-order valence-electron chi connectivity index (χ1n) is 7.98. The molecular formula is C18H17N3O5. The van der Waals surface area contributed by atoms with Gasteiger partial charge in [-0.05, 0) is 19.4 Å². The van der Waals surface area contributed by atoms with Gasteiger partial charge in [0.1, 0.15) is 18.2 Å². The number of hydrogen-bond acceptors (Lipinski definition) is 7. The second-order valence-electron chi connectivity index (χ2n) is 5.46. The monoisotopic (exact) mass is 355 g/mol. The van der Waals surface area contributed by atoms with Crippen LogP contribution in [-0.2, 0) is 11.3 Å². The second-order valence-corrected chi connectivity index (χ2v) is 5.46. The van der Waals surface area contributed by atoms with Gasteiger partial charge in [-0.15, -0.1) is 4.73 Å². The molecule has 0 atom stereocenters. The van der Waals surface area contributed by atoms with Crippen molar-refractivity contribution in [2.24, 2.45) is 0 Å². The Morgan fingerprint density at radius 2 is 2.00 bits per heavy atom. The van der Waals surface area contributed by atoms with Crippen LogP contribution in [0.1, 0.15) is 28.7 Å². The number of nitrogens with zero attached hydrogens (tertiary/aromatic N) is 3. The number of rotatable bonds is 5. The van der Waals surface area contributed by atoms with Gasteiger partial charge in [0.15, 0.2) is 11.2 Å². The number of ether oxygens (including phenoxy) is 1. The summed E-state index contributed by atoms with van der Waals surface area (Å²) in [5, 5.41) is 10.5. The minimum atomic E-state index is -0.936. The maximum atomic E-state index is 12.8. The molecule has 134 valence electrons. The summed E-state index contributed by atoms with van der Waals surface area (Å²) in [5.41, 5.74) is -0.463. The molecule has 2 aromatic heterocycles. The van der Waals surface area contributed by atoms with Gasteiger partial charge in [0, 0.05) is 6.20 Å². The Morgan fingerprint density at radius 1 is 1.27 bits per heavy atom. The summed E-state index contributed by atoms with van der Waals surface area (Å²) >= 11 is 0. The zero-order chi connectivity index (χ0) is 18.7. The van der Waals surface area contributed by atoms with Crippen molar-refractivity contribution in [3.63, 3.8) is 0 Å². The van der Waals surface area contributed by atoms with Crippen molar-refractivity contribution >= 4 is 17.0 Å². The Bertz CT molecular complexity index is 1010. The third-order valence-electron chi connectivity index (χ3n) is 3.65. The van der Waals surface area contributed by atoms with Crippen LogP contribution in [0.2, 0.25) is 0 Å². The van der Waals surface area contributed by atoms with Crippen LogP contribution in [0.4, 0.5) is 0 Å². The maximum absolute atomic E-state index is 12.8. The number of aromatic hydroxyl groups is 1. The molecule has 0 bridgehead atoms. The Morgan fingerprint density at radius 3 is 2.69 bits per heavy atom. The molecule has 0 amide bonds. The summed E-state index contributed by atoms with van der Waals surface area (Å²) in [6.07, 6.45) is 1.33.